The first-order chi connectivity index (χ1) is 14.5. The number of fused-ring (bicyclic) bond motifs is 4. The first kappa shape index (κ1) is 21.4. The average Bonchev–Trinajstić information content (AvgIpc) is 3.36. The van der Waals surface area contributed by atoms with Gasteiger partial charge in [-0.05, 0) is 96.7 Å². The molecule has 4 N–H and O–H groups in total. The molecule has 6 fully saturated rings. The third kappa shape index (κ3) is 2.14. The van der Waals surface area contributed by atoms with Crippen molar-refractivity contribution in [3.8, 4) is 0 Å². The van der Waals surface area contributed by atoms with Gasteiger partial charge in [0, 0.05) is 12.0 Å². The van der Waals surface area contributed by atoms with Crippen LogP contribution in [0.15, 0.2) is 0 Å². The molecule has 1 heterocycles. The summed E-state index contributed by atoms with van der Waals surface area (Å²) in [5.41, 5.74) is 6.87. The fourth-order valence-electron chi connectivity index (χ4n) is 11.5. The lowest BCUT2D eigenvalue weighted by molar-refractivity contribution is -0.182. The summed E-state index contributed by atoms with van der Waals surface area (Å²) in [4.78, 5) is 0. The van der Waals surface area contributed by atoms with Gasteiger partial charge in [-0.25, -0.2) is 0 Å². The van der Waals surface area contributed by atoms with Gasteiger partial charge in [-0.15, -0.1) is 0 Å². The van der Waals surface area contributed by atoms with Crippen LogP contribution in [0.1, 0.15) is 86.0 Å². The van der Waals surface area contributed by atoms with E-state index in [0.29, 0.717) is 41.0 Å². The van der Waals surface area contributed by atoms with Gasteiger partial charge in [0.2, 0.25) is 0 Å². The highest BCUT2D eigenvalue weighted by Crippen LogP contribution is 2.89. The van der Waals surface area contributed by atoms with Crippen molar-refractivity contribution in [2.45, 2.75) is 110 Å². The molecule has 6 aliphatic rings. The van der Waals surface area contributed by atoms with Crippen LogP contribution < -0.4 is 5.73 Å². The Morgan fingerprint density at radius 3 is 2.32 bits per heavy atom. The molecule has 0 radical (unpaired) electrons. The second-order valence-corrected chi connectivity index (χ2v) is 13.9. The molecule has 31 heavy (non-hydrogen) atoms. The van der Waals surface area contributed by atoms with E-state index >= 15 is 0 Å². The minimum Gasteiger partial charge on any atom is -0.393 e. The standard InChI is InChI=1S/C27H45NO3/c1-15-12-16(13-28)31-21-20(15)24(4)10-11-27-14-26(27)9-8-19(29)23(2,3)17(26)6-7-18(27)25(24,5)22(21)30/h15-22,29-30H,6-14,28H2,1-5H3/t15-,16?,17+,18?,19+,20+,21?,22+,24-,25-,26-,27+/m1/s1. The molecule has 2 spiro atoms. The number of hydrogen-bond donors (Lipinski definition) is 3. The monoisotopic (exact) mass is 431 g/mol. The minimum atomic E-state index is -0.391. The Hall–Kier alpha value is -0.160. The lowest BCUT2D eigenvalue weighted by Gasteiger charge is -2.63. The first-order valence-electron chi connectivity index (χ1n) is 13.2. The van der Waals surface area contributed by atoms with Crippen LogP contribution in [-0.2, 0) is 4.74 Å². The highest BCUT2D eigenvalue weighted by Gasteiger charge is 2.84. The Morgan fingerprint density at radius 2 is 1.61 bits per heavy atom. The average molecular weight is 432 g/mol. The molecule has 6 rings (SSSR count). The third-order valence-electron chi connectivity index (χ3n) is 13.1. The largest absolute Gasteiger partial charge is 0.393 e. The Kier molecular flexibility index (Phi) is 4.20. The summed E-state index contributed by atoms with van der Waals surface area (Å²) in [6, 6.07) is 0. The van der Waals surface area contributed by atoms with Crippen LogP contribution in [0.4, 0.5) is 0 Å². The number of rotatable bonds is 1. The zero-order valence-corrected chi connectivity index (χ0v) is 20.4. The van der Waals surface area contributed by atoms with Gasteiger partial charge in [-0.2, -0.15) is 0 Å². The molecule has 4 heteroatoms. The Bertz CT molecular complexity index is 784. The summed E-state index contributed by atoms with van der Waals surface area (Å²) >= 11 is 0. The highest BCUT2D eigenvalue weighted by atomic mass is 16.5. The number of aliphatic hydroxyl groups excluding tert-OH is 2. The lowest BCUT2D eigenvalue weighted by atomic mass is 9.41. The molecule has 12 atom stereocenters. The predicted molar refractivity (Wildman–Crippen MR) is 121 cm³/mol. The maximum atomic E-state index is 12.0. The predicted octanol–water partition coefficient (Wildman–Crippen LogP) is 4.12. The Morgan fingerprint density at radius 1 is 0.935 bits per heavy atom. The lowest BCUT2D eigenvalue weighted by Crippen LogP contribution is -2.59. The van der Waals surface area contributed by atoms with Crippen LogP contribution in [0.25, 0.3) is 0 Å². The molecular weight excluding hydrogens is 386 g/mol. The van der Waals surface area contributed by atoms with Crippen LogP contribution in [0, 0.1) is 50.7 Å². The maximum Gasteiger partial charge on any atom is 0.0880 e. The van der Waals surface area contributed by atoms with E-state index in [0.717, 1.165) is 12.8 Å². The molecule has 4 nitrogen and oxygen atoms in total. The summed E-state index contributed by atoms with van der Waals surface area (Å²) in [6.45, 7) is 12.6. The molecule has 0 aromatic rings. The zero-order valence-electron chi connectivity index (χ0n) is 20.4. The first-order valence-corrected chi connectivity index (χ1v) is 13.2. The van der Waals surface area contributed by atoms with Crippen molar-refractivity contribution < 1.29 is 14.9 Å². The molecule has 3 unspecified atom stereocenters. The number of aliphatic hydroxyl groups is 2. The van der Waals surface area contributed by atoms with E-state index in [-0.39, 0.29) is 34.6 Å². The third-order valence-corrected chi connectivity index (χ3v) is 13.1. The van der Waals surface area contributed by atoms with Crippen LogP contribution in [0.5, 0.6) is 0 Å². The van der Waals surface area contributed by atoms with Crippen molar-refractivity contribution in [1.29, 1.82) is 0 Å². The van der Waals surface area contributed by atoms with E-state index in [1.165, 1.54) is 38.5 Å². The van der Waals surface area contributed by atoms with Gasteiger partial charge in [-0.1, -0.05) is 34.6 Å². The SMILES string of the molecule is C[C@@H]1CC(CN)OC2[C@H]1[C@@]1(C)CC[C@@]34C[C@@]35CC[C@H](O)C(C)(C)[C@@H]5CCC4[C@]1(C)[C@H]2O. The van der Waals surface area contributed by atoms with Gasteiger partial charge in [0.25, 0.3) is 0 Å². The van der Waals surface area contributed by atoms with Crippen LogP contribution in [-0.4, -0.2) is 41.2 Å². The van der Waals surface area contributed by atoms with Crippen LogP contribution >= 0.6 is 0 Å². The minimum absolute atomic E-state index is 0.0165. The second-order valence-electron chi connectivity index (χ2n) is 13.9. The van der Waals surface area contributed by atoms with Crippen molar-refractivity contribution in [1.82, 2.24) is 0 Å². The van der Waals surface area contributed by atoms with E-state index in [2.05, 4.69) is 34.6 Å². The Labute approximate surface area is 188 Å². The summed E-state index contributed by atoms with van der Waals surface area (Å²) in [6.07, 6.45) is 8.95. The van der Waals surface area contributed by atoms with E-state index in [9.17, 15) is 10.2 Å². The number of hydrogen-bond acceptors (Lipinski definition) is 4. The maximum absolute atomic E-state index is 12.0. The topological polar surface area (TPSA) is 75.7 Å². The Balaban J connectivity index is 1.41. The van der Waals surface area contributed by atoms with E-state index in [1.54, 1.807) is 0 Å². The van der Waals surface area contributed by atoms with Gasteiger partial charge in [0.15, 0.2) is 0 Å². The number of ether oxygens (including phenoxy) is 1. The normalized spacial score (nSPS) is 63.9. The van der Waals surface area contributed by atoms with Gasteiger partial charge in [-0.3, -0.25) is 0 Å². The van der Waals surface area contributed by atoms with Crippen LogP contribution in [0.2, 0.25) is 0 Å². The molecule has 0 aromatic heterocycles. The van der Waals surface area contributed by atoms with Gasteiger partial charge < -0.3 is 20.7 Å². The summed E-state index contributed by atoms with van der Waals surface area (Å²) in [7, 11) is 0. The molecule has 0 bridgehead atoms. The highest BCUT2D eigenvalue weighted by molar-refractivity contribution is 5.32. The van der Waals surface area contributed by atoms with Crippen molar-refractivity contribution in [2.24, 2.45) is 56.5 Å². The fourth-order valence-corrected chi connectivity index (χ4v) is 11.5. The molecule has 0 aromatic carbocycles. The quantitative estimate of drug-likeness (QED) is 0.584. The van der Waals surface area contributed by atoms with E-state index < -0.39 is 6.10 Å². The molecule has 0 amide bonds. The fraction of sp³-hybridized carbons (Fsp3) is 1.00. The van der Waals surface area contributed by atoms with E-state index in [4.69, 9.17) is 10.5 Å². The smallest absolute Gasteiger partial charge is 0.0880 e. The number of nitrogens with two attached hydrogens (primary N) is 1. The molecule has 5 saturated carbocycles. The van der Waals surface area contributed by atoms with Gasteiger partial charge in [0.05, 0.1) is 24.4 Å². The van der Waals surface area contributed by atoms with Crippen molar-refractivity contribution in [2.75, 3.05) is 6.54 Å². The van der Waals surface area contributed by atoms with Crippen LogP contribution in [0.3, 0.4) is 0 Å². The summed E-state index contributed by atoms with van der Waals surface area (Å²) in [5, 5.41) is 22.8. The van der Waals surface area contributed by atoms with Crippen molar-refractivity contribution in [3.05, 3.63) is 0 Å². The second kappa shape index (κ2) is 6.09. The molecular formula is C27H45NO3. The van der Waals surface area contributed by atoms with E-state index in [1.807, 2.05) is 0 Å². The summed E-state index contributed by atoms with van der Waals surface area (Å²) in [5.74, 6) is 2.19. The molecule has 1 saturated heterocycles. The molecule has 5 aliphatic carbocycles. The zero-order chi connectivity index (χ0) is 22.2. The van der Waals surface area contributed by atoms with Crippen molar-refractivity contribution >= 4 is 0 Å². The molecule has 176 valence electrons. The van der Waals surface area contributed by atoms with Gasteiger partial charge >= 0.3 is 0 Å². The van der Waals surface area contributed by atoms with Crippen molar-refractivity contribution in [3.63, 3.8) is 0 Å². The summed E-state index contributed by atoms with van der Waals surface area (Å²) < 4.78 is 6.53. The van der Waals surface area contributed by atoms with Gasteiger partial charge in [0.1, 0.15) is 0 Å². The molecule has 1 aliphatic heterocycles.